The van der Waals surface area contributed by atoms with Crippen molar-refractivity contribution in [2.75, 3.05) is 25.5 Å². The maximum Gasteiger partial charge on any atom is 0.231 e. The molecule has 0 bridgehead atoms. The van der Waals surface area contributed by atoms with Crippen molar-refractivity contribution in [3.8, 4) is 17.0 Å². The highest BCUT2D eigenvalue weighted by Crippen LogP contribution is 2.37. The number of carbonyl (C=O) groups excluding carboxylic acids is 1. The highest BCUT2D eigenvalue weighted by Gasteiger charge is 2.28. The minimum Gasteiger partial charge on any atom is -0.490 e. The summed E-state index contributed by atoms with van der Waals surface area (Å²) >= 11 is 0. The van der Waals surface area contributed by atoms with E-state index in [2.05, 4.69) is 51.7 Å². The van der Waals surface area contributed by atoms with Crippen LogP contribution in [-0.2, 0) is 4.79 Å². The van der Waals surface area contributed by atoms with Gasteiger partial charge in [0.1, 0.15) is 11.9 Å². The van der Waals surface area contributed by atoms with E-state index in [4.69, 9.17) is 4.74 Å². The number of carbonyl (C=O) groups is 1. The summed E-state index contributed by atoms with van der Waals surface area (Å²) in [7, 11) is 2.16. The summed E-state index contributed by atoms with van der Waals surface area (Å²) in [5, 5.41) is 11.9. The van der Waals surface area contributed by atoms with Crippen LogP contribution in [0, 0.1) is 5.92 Å². The molecular weight excluding hydrogens is 448 g/mol. The normalized spacial score (nSPS) is 21.0. The quantitative estimate of drug-likeness (QED) is 0.462. The van der Waals surface area contributed by atoms with Gasteiger partial charge >= 0.3 is 0 Å². The first-order valence-corrected chi connectivity index (χ1v) is 13.3. The molecule has 1 amide bonds. The first kappa shape index (κ1) is 23.0. The average Bonchev–Trinajstić information content (AvgIpc) is 3.33. The Hall–Kier alpha value is -3.38. The van der Waals surface area contributed by atoms with Crippen LogP contribution in [0.3, 0.4) is 0 Å². The maximum atomic E-state index is 13.3. The number of nitrogens with zero attached hydrogens (tertiary/aromatic N) is 2. The fourth-order valence-corrected chi connectivity index (χ4v) is 5.84. The van der Waals surface area contributed by atoms with Gasteiger partial charge in [-0.2, -0.15) is 5.10 Å². The summed E-state index contributed by atoms with van der Waals surface area (Å²) in [6.45, 7) is 2.16. The van der Waals surface area contributed by atoms with E-state index in [-0.39, 0.29) is 17.9 Å². The molecule has 1 saturated heterocycles. The summed E-state index contributed by atoms with van der Waals surface area (Å²) in [6, 6.07) is 14.2. The number of likely N-dealkylation sites (tertiary alicyclic amines) is 1. The van der Waals surface area contributed by atoms with Gasteiger partial charge in [-0.1, -0.05) is 17.7 Å². The number of benzene rings is 2. The van der Waals surface area contributed by atoms with E-state index in [0.29, 0.717) is 0 Å². The lowest BCUT2D eigenvalue weighted by Crippen LogP contribution is -2.35. The third-order valence-corrected chi connectivity index (χ3v) is 7.91. The highest BCUT2D eigenvalue weighted by molar-refractivity contribution is 6.00. The van der Waals surface area contributed by atoms with Gasteiger partial charge in [-0.25, -0.2) is 0 Å². The van der Waals surface area contributed by atoms with Crippen molar-refractivity contribution < 1.29 is 9.53 Å². The van der Waals surface area contributed by atoms with E-state index in [1.807, 2.05) is 30.3 Å². The molecule has 2 heterocycles. The summed E-state index contributed by atoms with van der Waals surface area (Å²) in [4.78, 5) is 15.6. The van der Waals surface area contributed by atoms with Crippen molar-refractivity contribution in [2.24, 2.45) is 5.92 Å². The molecule has 0 saturated carbocycles. The number of ether oxygens (including phenoxy) is 1. The number of H-pyrrole nitrogens is 1. The average molecular weight is 483 g/mol. The van der Waals surface area contributed by atoms with Crippen LogP contribution in [0.2, 0.25) is 0 Å². The van der Waals surface area contributed by atoms with E-state index in [1.54, 1.807) is 0 Å². The van der Waals surface area contributed by atoms with Gasteiger partial charge in [0.15, 0.2) is 0 Å². The van der Waals surface area contributed by atoms with Gasteiger partial charge in [-0.05, 0) is 100 Å². The molecule has 2 aromatic carbocycles. The fraction of sp³-hybridized carbons (Fsp3) is 0.400. The Bertz CT molecular complexity index is 1310. The van der Waals surface area contributed by atoms with Crippen LogP contribution in [0.25, 0.3) is 22.2 Å². The molecule has 6 heteroatoms. The second-order valence-electron chi connectivity index (χ2n) is 10.4. The van der Waals surface area contributed by atoms with Crippen LogP contribution in [0.1, 0.15) is 44.9 Å². The first-order valence-electron chi connectivity index (χ1n) is 13.3. The Morgan fingerprint density at radius 2 is 1.92 bits per heavy atom. The van der Waals surface area contributed by atoms with E-state index in [9.17, 15) is 4.79 Å². The molecule has 0 spiro atoms. The molecule has 1 unspecified atom stereocenters. The molecule has 186 valence electrons. The van der Waals surface area contributed by atoms with E-state index in [1.165, 1.54) is 11.1 Å². The Morgan fingerprint density at radius 1 is 1.08 bits per heavy atom. The largest absolute Gasteiger partial charge is 0.490 e. The van der Waals surface area contributed by atoms with Gasteiger partial charge in [0.25, 0.3) is 0 Å². The number of amides is 1. The molecule has 2 N–H and O–H groups in total. The summed E-state index contributed by atoms with van der Waals surface area (Å²) in [6.07, 6.45) is 12.1. The third-order valence-electron chi connectivity index (χ3n) is 7.91. The van der Waals surface area contributed by atoms with Crippen LogP contribution >= 0.6 is 0 Å². The van der Waals surface area contributed by atoms with Crippen LogP contribution in [-0.4, -0.2) is 47.2 Å². The molecule has 1 aliphatic heterocycles. The Kier molecular flexibility index (Phi) is 6.36. The molecule has 0 radical (unpaired) electrons. The van der Waals surface area contributed by atoms with Gasteiger partial charge in [-0.3, -0.25) is 9.89 Å². The Morgan fingerprint density at radius 3 is 2.75 bits per heavy atom. The molecule has 1 aromatic heterocycles. The van der Waals surface area contributed by atoms with Crippen molar-refractivity contribution >= 4 is 22.5 Å². The van der Waals surface area contributed by atoms with Gasteiger partial charge in [0, 0.05) is 29.7 Å². The van der Waals surface area contributed by atoms with Crippen LogP contribution in [0.4, 0.5) is 5.69 Å². The number of aromatic amines is 1. The van der Waals surface area contributed by atoms with Crippen molar-refractivity contribution in [3.05, 3.63) is 65.8 Å². The Balaban J connectivity index is 1.18. The number of aromatic nitrogens is 2. The number of nitrogens with one attached hydrogen (secondary N) is 2. The predicted molar refractivity (Wildman–Crippen MR) is 144 cm³/mol. The number of hydrogen-bond donors (Lipinski definition) is 2. The molecule has 6 rings (SSSR count). The lowest BCUT2D eigenvalue weighted by molar-refractivity contribution is -0.119. The predicted octanol–water partition coefficient (Wildman–Crippen LogP) is 6.09. The smallest absolute Gasteiger partial charge is 0.231 e. The zero-order valence-electron chi connectivity index (χ0n) is 20.9. The summed E-state index contributed by atoms with van der Waals surface area (Å²) in [5.41, 5.74) is 6.38. The van der Waals surface area contributed by atoms with Crippen molar-refractivity contribution in [1.82, 2.24) is 15.1 Å². The number of piperidine rings is 1. The number of anilines is 1. The van der Waals surface area contributed by atoms with Gasteiger partial charge in [0.05, 0.1) is 17.1 Å². The van der Waals surface area contributed by atoms with Crippen molar-refractivity contribution in [2.45, 2.75) is 51.0 Å². The molecule has 2 aliphatic carbocycles. The molecule has 6 nitrogen and oxygen atoms in total. The SMILES string of the molecule is CN1CCC(Oc2ccc(-c3n[nH]c4ccc(NC(=O)C5CCCC6=C5C=CCC6)cc34)cc2)CC1. The van der Waals surface area contributed by atoms with Gasteiger partial charge < -0.3 is 15.0 Å². The second kappa shape index (κ2) is 9.94. The number of rotatable bonds is 5. The van der Waals surface area contributed by atoms with Crippen molar-refractivity contribution in [3.63, 3.8) is 0 Å². The molecule has 1 atom stereocenters. The lowest BCUT2D eigenvalue weighted by atomic mass is 9.78. The number of allylic oxidation sites excluding steroid dienone is 3. The zero-order chi connectivity index (χ0) is 24.5. The molecular formula is C30H34N4O2. The second-order valence-corrected chi connectivity index (χ2v) is 10.4. The minimum atomic E-state index is -0.0538. The maximum absolute atomic E-state index is 13.3. The monoisotopic (exact) mass is 482 g/mol. The third kappa shape index (κ3) is 4.70. The van der Waals surface area contributed by atoms with E-state index < -0.39 is 0 Å². The topological polar surface area (TPSA) is 70.2 Å². The van der Waals surface area contributed by atoms with Crippen LogP contribution in [0.15, 0.2) is 65.8 Å². The zero-order valence-corrected chi connectivity index (χ0v) is 20.9. The van der Waals surface area contributed by atoms with E-state index >= 15 is 0 Å². The summed E-state index contributed by atoms with van der Waals surface area (Å²) in [5.74, 6) is 0.939. The molecule has 3 aliphatic rings. The van der Waals surface area contributed by atoms with Gasteiger partial charge in [-0.15, -0.1) is 0 Å². The molecule has 36 heavy (non-hydrogen) atoms. The molecule has 1 fully saturated rings. The minimum absolute atomic E-state index is 0.0538. The fourth-order valence-electron chi connectivity index (χ4n) is 5.84. The lowest BCUT2D eigenvalue weighted by Gasteiger charge is -2.29. The van der Waals surface area contributed by atoms with E-state index in [0.717, 1.165) is 91.6 Å². The first-order chi connectivity index (χ1) is 17.6. The van der Waals surface area contributed by atoms with Crippen LogP contribution in [0.5, 0.6) is 5.75 Å². The summed E-state index contributed by atoms with van der Waals surface area (Å²) < 4.78 is 6.21. The standard InChI is InChI=1S/C30H34N4O2/c1-34-17-15-24(16-18-34)36-23-12-9-21(10-13-23)29-27-19-22(11-14-28(27)32-33-29)31-30(35)26-8-4-6-20-5-2-3-7-25(20)26/h3,7,9-14,19,24,26H,2,4-6,8,15-18H2,1H3,(H,31,35)(H,32,33). The number of hydrogen-bond acceptors (Lipinski definition) is 4. The number of fused-ring (bicyclic) bond motifs is 1. The highest BCUT2D eigenvalue weighted by atomic mass is 16.5. The molecule has 3 aromatic rings. The van der Waals surface area contributed by atoms with Crippen molar-refractivity contribution in [1.29, 1.82) is 0 Å². The Labute approximate surface area is 212 Å². The van der Waals surface area contributed by atoms with Gasteiger partial charge in [0.2, 0.25) is 5.91 Å². The van der Waals surface area contributed by atoms with Crippen LogP contribution < -0.4 is 10.1 Å².